The average molecular weight is 668 g/mol. The topological polar surface area (TPSA) is 127 Å². The van der Waals surface area contributed by atoms with Crippen molar-refractivity contribution in [1.29, 1.82) is 0 Å². The van der Waals surface area contributed by atoms with Gasteiger partial charge >= 0.3 is 13.3 Å². The number of carbonyl (C=O) groups excluding carboxylic acids is 3. The standard InChI is InChI=1S/C30H33ClF2N3O6PS/c1-29(2,3)25(34-26(37)24-15-18-13-20(7-9-23(18)44-24)30(32,33)43(40,41)42)28(39)36-11-4-5-22(36)27(38)35-12-10-17-6-8-21(31)14-19(17)16-35/h6-9,13-15,22,25H,4-5,10-12,16H2,1-3H3,(H,34,37)(H2,40,41,42)/t22-,25+/m0/s1. The van der Waals surface area contributed by atoms with Crippen LogP contribution in [-0.2, 0) is 32.8 Å². The fourth-order valence-electron chi connectivity index (χ4n) is 5.74. The first-order chi connectivity index (χ1) is 20.5. The minimum atomic E-state index is -5.76. The molecule has 236 valence electrons. The summed E-state index contributed by atoms with van der Waals surface area (Å²) in [6, 6.07) is 8.48. The van der Waals surface area contributed by atoms with E-state index in [0.717, 1.165) is 34.6 Å². The van der Waals surface area contributed by atoms with E-state index in [1.54, 1.807) is 30.6 Å². The number of carbonyl (C=O) groups is 3. The summed E-state index contributed by atoms with van der Waals surface area (Å²) in [5.74, 6) is -1.13. The van der Waals surface area contributed by atoms with Gasteiger partial charge in [0.15, 0.2) is 0 Å². The number of alkyl halides is 2. The lowest BCUT2D eigenvalue weighted by atomic mass is 9.85. The van der Waals surface area contributed by atoms with Gasteiger partial charge in [-0.3, -0.25) is 18.9 Å². The number of likely N-dealkylation sites (tertiary alicyclic amines) is 1. The summed E-state index contributed by atoms with van der Waals surface area (Å²) in [7, 11) is -5.76. The number of amides is 3. The number of thiophene rings is 1. The zero-order valence-corrected chi connectivity index (χ0v) is 26.8. The summed E-state index contributed by atoms with van der Waals surface area (Å²) in [4.78, 5) is 62.7. The molecule has 3 amide bonds. The summed E-state index contributed by atoms with van der Waals surface area (Å²) in [6.45, 7) is 6.70. The number of nitrogens with zero attached hydrogens (tertiary/aromatic N) is 2. The SMILES string of the molecule is CC(C)(C)[C@H](NC(=O)c1cc2cc(C(F)(F)P(=O)(O)O)ccc2s1)C(=O)N1CCC[C@H]1C(=O)N1CCc2ccc(Cl)cc2C1. The largest absolute Gasteiger partial charge is 0.399 e. The fraction of sp³-hybridized carbons (Fsp3) is 0.433. The Balaban J connectivity index is 1.34. The molecule has 0 spiro atoms. The van der Waals surface area contributed by atoms with Crippen LogP contribution in [0.1, 0.15) is 60.0 Å². The predicted octanol–water partition coefficient (Wildman–Crippen LogP) is 5.50. The zero-order valence-electron chi connectivity index (χ0n) is 24.3. The Morgan fingerprint density at radius 2 is 1.80 bits per heavy atom. The number of rotatable bonds is 6. The maximum atomic E-state index is 14.3. The van der Waals surface area contributed by atoms with Crippen LogP contribution >= 0.6 is 30.5 Å². The van der Waals surface area contributed by atoms with Crippen LogP contribution in [0.25, 0.3) is 10.1 Å². The van der Waals surface area contributed by atoms with Crippen LogP contribution in [0.5, 0.6) is 0 Å². The molecular weight excluding hydrogens is 635 g/mol. The average Bonchev–Trinajstić information content (AvgIpc) is 3.60. The molecule has 3 aromatic rings. The molecule has 5 rings (SSSR count). The van der Waals surface area contributed by atoms with Gasteiger partial charge in [0.25, 0.3) is 5.91 Å². The highest BCUT2D eigenvalue weighted by Crippen LogP contribution is 2.59. The Morgan fingerprint density at radius 1 is 1.07 bits per heavy atom. The highest BCUT2D eigenvalue weighted by Gasteiger charge is 2.50. The lowest BCUT2D eigenvalue weighted by Crippen LogP contribution is -2.58. The molecule has 44 heavy (non-hydrogen) atoms. The molecule has 0 radical (unpaired) electrons. The lowest BCUT2D eigenvalue weighted by molar-refractivity contribution is -0.146. The van der Waals surface area contributed by atoms with E-state index in [9.17, 15) is 27.7 Å². The first kappa shape index (κ1) is 32.5. The van der Waals surface area contributed by atoms with Gasteiger partial charge in [0.2, 0.25) is 11.8 Å². The number of hydrogen-bond acceptors (Lipinski definition) is 5. The number of benzene rings is 2. The van der Waals surface area contributed by atoms with Crippen molar-refractivity contribution in [2.75, 3.05) is 13.1 Å². The maximum Gasteiger partial charge on any atom is 0.399 e. The third-order valence-electron chi connectivity index (χ3n) is 8.15. The van der Waals surface area contributed by atoms with Crippen molar-refractivity contribution in [1.82, 2.24) is 15.1 Å². The smallest absolute Gasteiger partial charge is 0.339 e. The molecule has 1 aromatic heterocycles. The Bertz CT molecular complexity index is 1690. The van der Waals surface area contributed by atoms with E-state index >= 15 is 0 Å². The van der Waals surface area contributed by atoms with Crippen molar-refractivity contribution in [3.05, 3.63) is 69.1 Å². The van der Waals surface area contributed by atoms with Crippen molar-refractivity contribution < 1.29 is 37.5 Å². The maximum absolute atomic E-state index is 14.3. The molecule has 2 aromatic carbocycles. The third-order valence-corrected chi connectivity index (χ3v) is 10.5. The van der Waals surface area contributed by atoms with E-state index in [-0.39, 0.29) is 22.1 Å². The van der Waals surface area contributed by atoms with E-state index in [1.807, 2.05) is 18.2 Å². The second-order valence-electron chi connectivity index (χ2n) is 12.3. The Hall–Kier alpha value is -2.89. The molecule has 2 atom stereocenters. The second kappa shape index (κ2) is 11.8. The quantitative estimate of drug-likeness (QED) is 0.298. The van der Waals surface area contributed by atoms with Gasteiger partial charge in [-0.1, -0.05) is 44.5 Å². The molecule has 2 aliphatic heterocycles. The van der Waals surface area contributed by atoms with Crippen molar-refractivity contribution in [3.63, 3.8) is 0 Å². The molecule has 9 nitrogen and oxygen atoms in total. The summed E-state index contributed by atoms with van der Waals surface area (Å²) in [5, 5.41) is 3.61. The Labute approximate surface area is 262 Å². The van der Waals surface area contributed by atoms with Gasteiger partial charge in [0.1, 0.15) is 12.1 Å². The number of fused-ring (bicyclic) bond motifs is 2. The minimum absolute atomic E-state index is 0.137. The lowest BCUT2D eigenvalue weighted by Gasteiger charge is -2.37. The van der Waals surface area contributed by atoms with Crippen molar-refractivity contribution in [3.8, 4) is 0 Å². The van der Waals surface area contributed by atoms with Gasteiger partial charge in [-0.2, -0.15) is 8.78 Å². The second-order valence-corrected chi connectivity index (χ2v) is 15.5. The molecule has 3 N–H and O–H groups in total. The predicted molar refractivity (Wildman–Crippen MR) is 164 cm³/mol. The molecule has 0 saturated carbocycles. The number of halogens is 3. The molecule has 14 heteroatoms. The Morgan fingerprint density at radius 3 is 2.48 bits per heavy atom. The normalized spacial score (nSPS) is 18.3. The summed E-state index contributed by atoms with van der Waals surface area (Å²) in [5.41, 5.74) is -3.87. The van der Waals surface area contributed by atoms with Crippen LogP contribution in [0.4, 0.5) is 8.78 Å². The van der Waals surface area contributed by atoms with E-state index in [2.05, 4.69) is 5.32 Å². The first-order valence-electron chi connectivity index (χ1n) is 14.1. The van der Waals surface area contributed by atoms with Crippen LogP contribution < -0.4 is 5.32 Å². The van der Waals surface area contributed by atoms with Crippen LogP contribution in [0, 0.1) is 5.41 Å². The van der Waals surface area contributed by atoms with Crippen LogP contribution in [0.15, 0.2) is 42.5 Å². The molecule has 0 bridgehead atoms. The molecule has 2 aliphatic rings. The first-order valence-corrected chi connectivity index (χ1v) is 16.9. The highest BCUT2D eigenvalue weighted by atomic mass is 35.5. The minimum Gasteiger partial charge on any atom is -0.339 e. The van der Waals surface area contributed by atoms with E-state index in [1.165, 1.54) is 12.1 Å². The third kappa shape index (κ3) is 6.28. The van der Waals surface area contributed by atoms with E-state index in [4.69, 9.17) is 21.4 Å². The van der Waals surface area contributed by atoms with Crippen LogP contribution in [0.3, 0.4) is 0 Å². The van der Waals surface area contributed by atoms with Gasteiger partial charge in [-0.25, -0.2) is 0 Å². The van der Waals surface area contributed by atoms with Gasteiger partial charge in [0.05, 0.1) is 4.88 Å². The number of nitrogens with one attached hydrogen (secondary N) is 1. The van der Waals surface area contributed by atoms with E-state index in [0.29, 0.717) is 48.6 Å². The van der Waals surface area contributed by atoms with Gasteiger partial charge in [-0.15, -0.1) is 11.3 Å². The van der Waals surface area contributed by atoms with E-state index < -0.39 is 42.2 Å². The molecule has 1 fully saturated rings. The molecule has 3 heterocycles. The molecular formula is C30H33ClF2N3O6PS. The summed E-state index contributed by atoms with van der Waals surface area (Å²) in [6.07, 6.45) is 1.83. The van der Waals surface area contributed by atoms with Gasteiger partial charge in [0, 0.05) is 34.9 Å². The molecule has 0 unspecified atom stereocenters. The number of hydrogen-bond donors (Lipinski definition) is 3. The Kier molecular flexibility index (Phi) is 8.72. The zero-order chi connectivity index (χ0) is 32.2. The summed E-state index contributed by atoms with van der Waals surface area (Å²) < 4.78 is 40.3. The molecule has 1 saturated heterocycles. The monoisotopic (exact) mass is 667 g/mol. The van der Waals surface area contributed by atoms with Crippen LogP contribution in [0.2, 0.25) is 5.02 Å². The van der Waals surface area contributed by atoms with Gasteiger partial charge < -0.3 is 24.9 Å². The molecule has 0 aliphatic carbocycles. The van der Waals surface area contributed by atoms with Crippen LogP contribution in [-0.4, -0.2) is 62.5 Å². The summed E-state index contributed by atoms with van der Waals surface area (Å²) >= 11 is 7.18. The van der Waals surface area contributed by atoms with Crippen molar-refractivity contribution >= 4 is 58.3 Å². The van der Waals surface area contributed by atoms with Gasteiger partial charge in [-0.05, 0) is 71.5 Å². The van der Waals surface area contributed by atoms with Crippen molar-refractivity contribution in [2.24, 2.45) is 5.41 Å². The highest BCUT2D eigenvalue weighted by molar-refractivity contribution is 7.52. The fourth-order valence-corrected chi connectivity index (χ4v) is 7.36. The van der Waals surface area contributed by atoms with Crippen molar-refractivity contribution in [2.45, 2.75) is 64.3 Å².